The average Bonchev–Trinajstić information content (AvgIpc) is 2.08. The largest absolute Gasteiger partial charge is 0.493 e. The highest BCUT2D eigenvalue weighted by Crippen LogP contribution is 2.22. The predicted molar refractivity (Wildman–Crippen MR) is 61.2 cm³/mol. The van der Waals surface area contributed by atoms with E-state index in [-0.39, 0.29) is 0 Å². The molecule has 0 aliphatic rings. The van der Waals surface area contributed by atoms with Gasteiger partial charge in [-0.25, -0.2) is 0 Å². The van der Waals surface area contributed by atoms with E-state index >= 15 is 0 Å². The normalized spacial score (nSPS) is 9.69. The summed E-state index contributed by atoms with van der Waals surface area (Å²) in [6.45, 7) is 2.53. The van der Waals surface area contributed by atoms with Crippen LogP contribution in [0.15, 0.2) is 22.7 Å². The summed E-state index contributed by atoms with van der Waals surface area (Å²) in [7, 11) is 0. The van der Waals surface area contributed by atoms with Crippen molar-refractivity contribution in [1.82, 2.24) is 0 Å². The van der Waals surface area contributed by atoms with Crippen LogP contribution in [0.25, 0.3) is 0 Å². The van der Waals surface area contributed by atoms with Gasteiger partial charge in [-0.15, -0.1) is 0 Å². The zero-order chi connectivity index (χ0) is 9.84. The van der Waals surface area contributed by atoms with E-state index in [1.807, 2.05) is 25.1 Å². The van der Waals surface area contributed by atoms with Crippen molar-refractivity contribution >= 4 is 33.1 Å². The molecule has 0 fully saturated rings. The number of thiocarbonyl (C=S) groups is 1. The Hall–Kier alpha value is -0.610. The van der Waals surface area contributed by atoms with E-state index in [4.69, 9.17) is 22.7 Å². The van der Waals surface area contributed by atoms with Gasteiger partial charge in [0.2, 0.25) is 0 Å². The summed E-state index contributed by atoms with van der Waals surface area (Å²) in [5.74, 6) is 0.734. The number of ether oxygens (including phenoxy) is 1. The molecule has 4 heteroatoms. The summed E-state index contributed by atoms with van der Waals surface area (Å²) < 4.78 is 6.31. The highest BCUT2D eigenvalue weighted by atomic mass is 79.9. The molecule has 0 aliphatic heterocycles. The van der Waals surface area contributed by atoms with Crippen molar-refractivity contribution in [2.24, 2.45) is 5.73 Å². The third kappa shape index (κ3) is 2.67. The van der Waals surface area contributed by atoms with Crippen LogP contribution in [0.4, 0.5) is 0 Å². The maximum Gasteiger partial charge on any atom is 0.129 e. The van der Waals surface area contributed by atoms with E-state index in [0.29, 0.717) is 11.6 Å². The van der Waals surface area contributed by atoms with E-state index in [1.54, 1.807) is 0 Å². The lowest BCUT2D eigenvalue weighted by molar-refractivity contribution is 0.339. The molecule has 0 atom stereocenters. The maximum atomic E-state index is 5.54. The first-order chi connectivity index (χ1) is 6.15. The molecular weight excluding hydrogens is 250 g/mol. The molecule has 70 valence electrons. The first kappa shape index (κ1) is 10.5. The van der Waals surface area contributed by atoms with Gasteiger partial charge in [-0.1, -0.05) is 28.1 Å². The van der Waals surface area contributed by atoms with Gasteiger partial charge in [-0.2, -0.15) is 0 Å². The molecule has 2 N–H and O–H groups in total. The lowest BCUT2D eigenvalue weighted by Crippen LogP contribution is -2.11. The van der Waals surface area contributed by atoms with Gasteiger partial charge in [0.05, 0.1) is 12.2 Å². The number of rotatable bonds is 3. The molecule has 2 nitrogen and oxygen atoms in total. The van der Waals surface area contributed by atoms with Gasteiger partial charge in [0.1, 0.15) is 10.7 Å². The molecule has 0 radical (unpaired) electrons. The molecule has 0 unspecified atom stereocenters. The Kier molecular flexibility index (Phi) is 3.69. The molecule has 13 heavy (non-hydrogen) atoms. The molecule has 0 aromatic heterocycles. The third-order valence-electron chi connectivity index (χ3n) is 1.51. The molecule has 0 saturated heterocycles. The van der Waals surface area contributed by atoms with Crippen LogP contribution in [0.2, 0.25) is 0 Å². The van der Waals surface area contributed by atoms with E-state index in [9.17, 15) is 0 Å². The van der Waals surface area contributed by atoms with Gasteiger partial charge in [-0.3, -0.25) is 0 Å². The second kappa shape index (κ2) is 4.58. The Balaban J connectivity index is 3.10. The van der Waals surface area contributed by atoms with Crippen molar-refractivity contribution in [3.8, 4) is 5.75 Å². The number of benzene rings is 1. The molecule has 0 spiro atoms. The smallest absolute Gasteiger partial charge is 0.129 e. The Bertz CT molecular complexity index is 327. The number of nitrogens with two attached hydrogens (primary N) is 1. The second-order valence-corrected chi connectivity index (χ2v) is 3.79. The highest BCUT2D eigenvalue weighted by Gasteiger charge is 2.05. The van der Waals surface area contributed by atoms with Crippen LogP contribution in [0.1, 0.15) is 12.5 Å². The number of halogens is 1. The van der Waals surface area contributed by atoms with E-state index in [0.717, 1.165) is 15.8 Å². The lowest BCUT2D eigenvalue weighted by Gasteiger charge is -2.08. The van der Waals surface area contributed by atoms with Crippen molar-refractivity contribution in [2.75, 3.05) is 6.61 Å². The summed E-state index contributed by atoms with van der Waals surface area (Å²) in [5, 5.41) is 0. The fourth-order valence-corrected chi connectivity index (χ4v) is 1.50. The number of hydrogen-bond donors (Lipinski definition) is 1. The average molecular weight is 260 g/mol. The monoisotopic (exact) mass is 259 g/mol. The second-order valence-electron chi connectivity index (χ2n) is 2.44. The summed E-state index contributed by atoms with van der Waals surface area (Å²) in [5.41, 5.74) is 6.31. The molecule has 0 amide bonds. The topological polar surface area (TPSA) is 35.2 Å². The van der Waals surface area contributed by atoms with Crippen LogP contribution < -0.4 is 10.5 Å². The van der Waals surface area contributed by atoms with Crippen LogP contribution >= 0.6 is 28.1 Å². The van der Waals surface area contributed by atoms with Gasteiger partial charge >= 0.3 is 0 Å². The van der Waals surface area contributed by atoms with Gasteiger partial charge in [0.25, 0.3) is 0 Å². The first-order valence-electron chi connectivity index (χ1n) is 3.87. The van der Waals surface area contributed by atoms with Crippen LogP contribution in [0.3, 0.4) is 0 Å². The predicted octanol–water partition coefficient (Wildman–Crippen LogP) is 2.48. The lowest BCUT2D eigenvalue weighted by atomic mass is 10.2. The van der Waals surface area contributed by atoms with Crippen molar-refractivity contribution in [3.05, 3.63) is 28.2 Å². The zero-order valence-electron chi connectivity index (χ0n) is 7.21. The Morgan fingerprint density at radius 2 is 2.31 bits per heavy atom. The van der Waals surface area contributed by atoms with Crippen LogP contribution in [-0.2, 0) is 0 Å². The minimum absolute atomic E-state index is 0.352. The highest BCUT2D eigenvalue weighted by molar-refractivity contribution is 9.10. The van der Waals surface area contributed by atoms with Gasteiger partial charge in [0, 0.05) is 4.47 Å². The maximum absolute atomic E-state index is 5.54. The van der Waals surface area contributed by atoms with Crippen LogP contribution in [0.5, 0.6) is 5.75 Å². The quantitative estimate of drug-likeness (QED) is 0.848. The van der Waals surface area contributed by atoms with Crippen LogP contribution in [0, 0.1) is 0 Å². The van der Waals surface area contributed by atoms with E-state index in [2.05, 4.69) is 15.9 Å². The molecule has 0 saturated carbocycles. The standard InChI is InChI=1S/C9H10BrNOS/c1-2-12-8-4-3-6(10)5-7(8)9(11)13/h3-5H,2H2,1H3,(H2,11,13). The molecule has 1 rings (SSSR count). The van der Waals surface area contributed by atoms with E-state index < -0.39 is 0 Å². The van der Waals surface area contributed by atoms with Crippen molar-refractivity contribution in [1.29, 1.82) is 0 Å². The Morgan fingerprint density at radius 3 is 2.85 bits per heavy atom. The summed E-state index contributed by atoms with van der Waals surface area (Å²) >= 11 is 8.25. The Labute approximate surface area is 91.2 Å². The van der Waals surface area contributed by atoms with E-state index in [1.165, 1.54) is 0 Å². The number of hydrogen-bond acceptors (Lipinski definition) is 2. The van der Waals surface area contributed by atoms with Gasteiger partial charge in [-0.05, 0) is 25.1 Å². The minimum Gasteiger partial charge on any atom is -0.493 e. The van der Waals surface area contributed by atoms with Gasteiger partial charge < -0.3 is 10.5 Å². The molecule has 1 aromatic rings. The van der Waals surface area contributed by atoms with Crippen molar-refractivity contribution in [3.63, 3.8) is 0 Å². The van der Waals surface area contributed by atoms with Crippen LogP contribution in [-0.4, -0.2) is 11.6 Å². The van der Waals surface area contributed by atoms with Gasteiger partial charge in [0.15, 0.2) is 0 Å². The summed E-state index contributed by atoms with van der Waals surface area (Å²) in [6.07, 6.45) is 0. The fourth-order valence-electron chi connectivity index (χ4n) is 0.976. The summed E-state index contributed by atoms with van der Waals surface area (Å²) in [4.78, 5) is 0.352. The first-order valence-corrected chi connectivity index (χ1v) is 5.07. The molecule has 1 aromatic carbocycles. The van der Waals surface area contributed by atoms with Crippen molar-refractivity contribution < 1.29 is 4.74 Å². The fraction of sp³-hybridized carbons (Fsp3) is 0.222. The molecule has 0 heterocycles. The Morgan fingerprint density at radius 1 is 1.62 bits per heavy atom. The van der Waals surface area contributed by atoms with Crippen molar-refractivity contribution in [2.45, 2.75) is 6.92 Å². The molecule has 0 bridgehead atoms. The summed E-state index contributed by atoms with van der Waals surface area (Å²) in [6, 6.07) is 5.60. The SMILES string of the molecule is CCOc1ccc(Br)cc1C(N)=S. The molecular formula is C9H10BrNOS. The zero-order valence-corrected chi connectivity index (χ0v) is 9.61. The third-order valence-corrected chi connectivity index (χ3v) is 2.22. The minimum atomic E-state index is 0.352. The molecule has 0 aliphatic carbocycles.